The largest absolute Gasteiger partial charge is 0.348 e. The molecule has 12 heterocycles. The van der Waals surface area contributed by atoms with Crippen molar-refractivity contribution < 1.29 is 0 Å². The second-order valence-corrected chi connectivity index (χ2v) is 22.3. The first-order valence-electron chi connectivity index (χ1n) is 23.3. The summed E-state index contributed by atoms with van der Waals surface area (Å²) in [6, 6.07) is 12.0. The SMILES string of the molecule is Brc1cnc2nc(N3CCC(N4CCCCC4)CC3)sc2c1.O=c1ccnc2c(-c3cnc4nc(N5CCC(N6CCCCC6)CC5)sc4c3)cc(Cl)cn12.O=c1ccnc2c(Br)cc(Cl)cn12. The molecule has 0 aliphatic carbocycles. The number of hydrogen-bond acceptors (Lipinski definition) is 14. The Bertz CT molecular complexity index is 3180. The van der Waals surface area contributed by atoms with Crippen LogP contribution in [0.25, 0.3) is 43.1 Å². The third-order valence-electron chi connectivity index (χ3n) is 13.3. The molecule has 4 aliphatic rings. The lowest BCUT2D eigenvalue weighted by atomic mass is 10.0. The molecule has 0 radical (unpaired) electrons. The Morgan fingerprint density at radius 1 is 0.559 bits per heavy atom. The van der Waals surface area contributed by atoms with Gasteiger partial charge in [-0.25, -0.2) is 19.9 Å². The number of rotatable bonds is 5. The van der Waals surface area contributed by atoms with Crippen LogP contribution in [0.5, 0.6) is 0 Å². The third kappa shape index (κ3) is 10.8. The first-order valence-corrected chi connectivity index (χ1v) is 27.3. The van der Waals surface area contributed by atoms with Crippen molar-refractivity contribution in [3.05, 3.63) is 113 Å². The minimum Gasteiger partial charge on any atom is -0.348 e. The number of nitrogens with zero attached hydrogens (tertiary/aromatic N) is 12. The zero-order chi connectivity index (χ0) is 46.7. The fraction of sp³-hybridized carbons (Fsp3) is 0.417. The van der Waals surface area contributed by atoms with Crippen LogP contribution < -0.4 is 20.9 Å². The molecule has 4 saturated heterocycles. The molecular formula is C48H50Br2Cl2N12O2S2. The Balaban J connectivity index is 0.000000132. The second kappa shape index (κ2) is 21.5. The summed E-state index contributed by atoms with van der Waals surface area (Å²) in [4.78, 5) is 60.9. The summed E-state index contributed by atoms with van der Waals surface area (Å²) in [6.07, 6.45) is 23.0. The van der Waals surface area contributed by atoms with E-state index in [4.69, 9.17) is 33.2 Å². The third-order valence-corrected chi connectivity index (χ3v) is 16.8. The van der Waals surface area contributed by atoms with E-state index in [1.54, 1.807) is 41.1 Å². The van der Waals surface area contributed by atoms with Crippen molar-refractivity contribution in [3.8, 4) is 11.1 Å². The summed E-state index contributed by atoms with van der Waals surface area (Å²) in [5.41, 5.74) is 4.12. The van der Waals surface area contributed by atoms with Crippen molar-refractivity contribution in [2.45, 2.75) is 76.3 Å². The maximum Gasteiger partial charge on any atom is 0.257 e. The van der Waals surface area contributed by atoms with Gasteiger partial charge in [-0.15, -0.1) is 0 Å². The lowest BCUT2D eigenvalue weighted by Gasteiger charge is -2.40. The van der Waals surface area contributed by atoms with Crippen LogP contribution in [-0.4, -0.2) is 113 Å². The molecule has 20 heteroatoms. The van der Waals surface area contributed by atoms with E-state index >= 15 is 0 Å². The molecule has 0 unspecified atom stereocenters. The number of thiazole rings is 2. The van der Waals surface area contributed by atoms with Gasteiger partial charge in [-0.1, -0.05) is 58.7 Å². The molecule has 12 rings (SSSR count). The van der Waals surface area contributed by atoms with Gasteiger partial charge < -0.3 is 19.6 Å². The number of piperidine rings is 4. The molecule has 354 valence electrons. The standard InChI is InChI=1S/C24H25ClN6OS.C16H21BrN4S.C8H4BrClN2O/c25-17-13-19(23-26-7-4-21(32)31(23)15-17)16-12-20-22(27-14-16)28-24(33-20)30-10-5-18(6-11-30)29-8-2-1-3-9-29;17-12-10-14-15(18-11-12)19-16(22-14)21-8-4-13(5-9-21)20-6-2-1-3-7-20;9-6-3-5(10)4-12-7(13)1-2-11-8(6)12/h4,7,12-15,18H,1-3,5-6,8-11H2;10-11,13H,1-9H2;1-4H. The van der Waals surface area contributed by atoms with Crippen LogP contribution >= 0.6 is 77.7 Å². The molecule has 0 atom stereocenters. The summed E-state index contributed by atoms with van der Waals surface area (Å²) in [5.74, 6) is 0. The number of likely N-dealkylation sites (tertiary alicyclic amines) is 2. The average Bonchev–Trinajstić information content (AvgIpc) is 4.00. The van der Waals surface area contributed by atoms with Gasteiger partial charge in [0.15, 0.2) is 27.2 Å². The molecule has 68 heavy (non-hydrogen) atoms. The average molecular weight is 1120 g/mol. The number of hydrogen-bond donors (Lipinski definition) is 0. The Hall–Kier alpha value is -4.14. The smallest absolute Gasteiger partial charge is 0.257 e. The molecule has 0 aromatic carbocycles. The van der Waals surface area contributed by atoms with Gasteiger partial charge in [0, 0.05) is 103 Å². The van der Waals surface area contributed by atoms with Crippen LogP contribution in [0.2, 0.25) is 10.0 Å². The van der Waals surface area contributed by atoms with Crippen molar-refractivity contribution in [1.82, 2.24) is 48.5 Å². The molecule has 4 aliphatic heterocycles. The van der Waals surface area contributed by atoms with Gasteiger partial charge in [-0.3, -0.25) is 18.4 Å². The Morgan fingerprint density at radius 3 is 1.60 bits per heavy atom. The van der Waals surface area contributed by atoms with E-state index in [2.05, 4.69) is 83.5 Å². The van der Waals surface area contributed by atoms with Gasteiger partial charge >= 0.3 is 0 Å². The minimum atomic E-state index is -0.161. The summed E-state index contributed by atoms with van der Waals surface area (Å²) >= 11 is 22.3. The molecule has 0 N–H and O–H groups in total. The van der Waals surface area contributed by atoms with Crippen LogP contribution in [-0.2, 0) is 0 Å². The fourth-order valence-electron chi connectivity index (χ4n) is 9.81. The van der Waals surface area contributed by atoms with Gasteiger partial charge in [0.05, 0.1) is 23.9 Å². The molecule has 14 nitrogen and oxygen atoms in total. The van der Waals surface area contributed by atoms with Gasteiger partial charge in [0.25, 0.3) is 11.1 Å². The van der Waals surface area contributed by atoms with Crippen molar-refractivity contribution in [2.75, 3.05) is 62.2 Å². The lowest BCUT2D eigenvalue weighted by molar-refractivity contribution is 0.141. The van der Waals surface area contributed by atoms with Crippen LogP contribution in [0, 0.1) is 0 Å². The normalized spacial score (nSPS) is 17.9. The van der Waals surface area contributed by atoms with Gasteiger partial charge in [0.2, 0.25) is 0 Å². The first-order chi connectivity index (χ1) is 33.1. The number of anilines is 2. The summed E-state index contributed by atoms with van der Waals surface area (Å²) < 4.78 is 6.80. The van der Waals surface area contributed by atoms with Crippen molar-refractivity contribution in [3.63, 3.8) is 0 Å². The molecule has 4 fully saturated rings. The van der Waals surface area contributed by atoms with E-state index in [1.165, 1.54) is 135 Å². The molecule has 0 spiro atoms. The lowest BCUT2D eigenvalue weighted by Crippen LogP contribution is -2.46. The topological polar surface area (TPSA) is 133 Å². The second-order valence-electron chi connectivity index (χ2n) is 17.7. The number of aromatic nitrogens is 8. The van der Waals surface area contributed by atoms with E-state index in [0.29, 0.717) is 31.9 Å². The van der Waals surface area contributed by atoms with E-state index in [-0.39, 0.29) is 11.1 Å². The molecule has 0 bridgehead atoms. The van der Waals surface area contributed by atoms with Crippen LogP contribution in [0.1, 0.15) is 64.2 Å². The Labute approximate surface area is 428 Å². The number of fused-ring (bicyclic) bond motifs is 4. The maximum atomic E-state index is 12.3. The quantitative estimate of drug-likeness (QED) is 0.162. The van der Waals surface area contributed by atoms with Crippen molar-refractivity contribution in [1.29, 1.82) is 0 Å². The Morgan fingerprint density at radius 2 is 1.04 bits per heavy atom. The van der Waals surface area contributed by atoms with Gasteiger partial charge in [0.1, 0.15) is 5.65 Å². The fourth-order valence-corrected chi connectivity index (χ4v) is 13.4. The van der Waals surface area contributed by atoms with Crippen molar-refractivity contribution >= 4 is 120 Å². The molecule has 8 aromatic rings. The molecule has 0 amide bonds. The minimum absolute atomic E-state index is 0.145. The van der Waals surface area contributed by atoms with E-state index in [9.17, 15) is 9.59 Å². The predicted octanol–water partition coefficient (Wildman–Crippen LogP) is 10.5. The number of halogens is 4. The zero-order valence-corrected chi connectivity index (χ0v) is 43.6. The van der Waals surface area contributed by atoms with E-state index in [0.717, 1.165) is 74.1 Å². The molecule has 8 aromatic heterocycles. The van der Waals surface area contributed by atoms with E-state index < -0.39 is 0 Å². The van der Waals surface area contributed by atoms with Gasteiger partial charge in [-0.2, -0.15) is 9.97 Å². The number of pyridine rings is 4. The van der Waals surface area contributed by atoms with E-state index in [1.807, 2.05) is 12.3 Å². The van der Waals surface area contributed by atoms with Crippen molar-refractivity contribution in [2.24, 2.45) is 0 Å². The monoisotopic (exact) mass is 1120 g/mol. The highest BCUT2D eigenvalue weighted by Gasteiger charge is 2.29. The highest BCUT2D eigenvalue weighted by atomic mass is 79.9. The molecule has 0 saturated carbocycles. The highest BCUT2D eigenvalue weighted by molar-refractivity contribution is 9.11. The zero-order valence-electron chi connectivity index (χ0n) is 37.3. The first kappa shape index (κ1) is 47.5. The maximum absolute atomic E-state index is 12.3. The summed E-state index contributed by atoms with van der Waals surface area (Å²) in [7, 11) is 0. The summed E-state index contributed by atoms with van der Waals surface area (Å²) in [5, 5.41) is 3.15. The van der Waals surface area contributed by atoms with Gasteiger partial charge in [-0.05, 0) is 134 Å². The predicted molar refractivity (Wildman–Crippen MR) is 283 cm³/mol. The molecular weight excluding hydrogens is 1070 g/mol. The van der Waals surface area contributed by atoms with Crippen LogP contribution in [0.15, 0.2) is 92.1 Å². The Kier molecular flexibility index (Phi) is 15.0. The van der Waals surface area contributed by atoms with Crippen LogP contribution in [0.3, 0.4) is 0 Å². The highest BCUT2D eigenvalue weighted by Crippen LogP contribution is 2.35. The summed E-state index contributed by atoms with van der Waals surface area (Å²) in [6.45, 7) is 9.48. The van der Waals surface area contributed by atoms with Crippen LogP contribution in [0.4, 0.5) is 10.3 Å².